The normalized spacial score (nSPS) is 13.6. The van der Waals surface area contributed by atoms with Gasteiger partial charge >= 0.3 is 0 Å². The summed E-state index contributed by atoms with van der Waals surface area (Å²) in [5, 5.41) is 3.54. The van der Waals surface area contributed by atoms with Gasteiger partial charge in [0.05, 0.1) is 0 Å². The fourth-order valence-electron chi connectivity index (χ4n) is 3.34. The van der Waals surface area contributed by atoms with Crippen LogP contribution >= 0.6 is 0 Å². The summed E-state index contributed by atoms with van der Waals surface area (Å²) < 4.78 is 0. The molecule has 0 saturated heterocycles. The minimum atomic E-state index is 0.00643. The Morgan fingerprint density at radius 3 is 2.20 bits per heavy atom. The monoisotopic (exact) mass is 337 g/mol. The summed E-state index contributed by atoms with van der Waals surface area (Å²) in [7, 11) is 0. The largest absolute Gasteiger partial charge is 0.316 e. The molecule has 0 saturated carbocycles. The first-order valence-corrected chi connectivity index (χ1v) is 9.43. The molecule has 134 valence electrons. The van der Waals surface area contributed by atoms with Gasteiger partial charge in [0.15, 0.2) is 0 Å². The molecule has 2 rings (SSSR count). The molecule has 0 aliphatic heterocycles. The lowest BCUT2D eigenvalue weighted by Gasteiger charge is -2.18. The Kier molecular flexibility index (Phi) is 7.87. The van der Waals surface area contributed by atoms with E-state index in [9.17, 15) is 4.79 Å². The molecule has 2 atom stereocenters. The Morgan fingerprint density at radius 1 is 0.920 bits per heavy atom. The number of carbonyl (C=O) groups is 1. The SMILES string of the molecule is CC(C)c1ccccc1C(C=O)CCCNCC(C)c1ccccc1. The molecular formula is C23H31NO. The second-order valence-electron chi connectivity index (χ2n) is 7.18. The minimum Gasteiger partial charge on any atom is -0.316 e. The highest BCUT2D eigenvalue weighted by atomic mass is 16.1. The molecule has 0 amide bonds. The zero-order valence-corrected chi connectivity index (χ0v) is 15.7. The molecular weight excluding hydrogens is 306 g/mol. The van der Waals surface area contributed by atoms with Crippen molar-refractivity contribution >= 4 is 6.29 Å². The Labute approximate surface area is 152 Å². The molecule has 0 aliphatic rings. The summed E-state index contributed by atoms with van der Waals surface area (Å²) in [6, 6.07) is 19.0. The van der Waals surface area contributed by atoms with E-state index in [0.717, 1.165) is 32.2 Å². The summed E-state index contributed by atoms with van der Waals surface area (Å²) in [4.78, 5) is 11.6. The van der Waals surface area contributed by atoms with Crippen LogP contribution in [0, 0.1) is 0 Å². The van der Waals surface area contributed by atoms with Crippen molar-refractivity contribution in [3.63, 3.8) is 0 Å². The number of aldehydes is 1. The van der Waals surface area contributed by atoms with Crippen LogP contribution in [-0.4, -0.2) is 19.4 Å². The van der Waals surface area contributed by atoms with Gasteiger partial charge in [-0.2, -0.15) is 0 Å². The Hall–Kier alpha value is -1.93. The predicted octanol–water partition coefficient (Wildman–Crippen LogP) is 5.27. The van der Waals surface area contributed by atoms with E-state index in [4.69, 9.17) is 0 Å². The van der Waals surface area contributed by atoms with Gasteiger partial charge in [0.2, 0.25) is 0 Å². The van der Waals surface area contributed by atoms with Gasteiger partial charge in [-0.1, -0.05) is 75.4 Å². The van der Waals surface area contributed by atoms with Gasteiger partial charge in [-0.15, -0.1) is 0 Å². The highest BCUT2D eigenvalue weighted by molar-refractivity contribution is 5.63. The fourth-order valence-corrected chi connectivity index (χ4v) is 3.34. The topological polar surface area (TPSA) is 29.1 Å². The maximum Gasteiger partial charge on any atom is 0.127 e. The van der Waals surface area contributed by atoms with Crippen LogP contribution in [0.15, 0.2) is 54.6 Å². The third kappa shape index (κ3) is 5.82. The molecule has 0 spiro atoms. The van der Waals surface area contributed by atoms with E-state index in [0.29, 0.717) is 11.8 Å². The highest BCUT2D eigenvalue weighted by Crippen LogP contribution is 2.27. The van der Waals surface area contributed by atoms with Crippen LogP contribution in [-0.2, 0) is 4.79 Å². The predicted molar refractivity (Wildman–Crippen MR) is 106 cm³/mol. The maximum atomic E-state index is 11.6. The second-order valence-corrected chi connectivity index (χ2v) is 7.18. The molecule has 2 heteroatoms. The molecule has 0 radical (unpaired) electrons. The van der Waals surface area contributed by atoms with Crippen LogP contribution in [0.25, 0.3) is 0 Å². The molecule has 0 fully saturated rings. The van der Waals surface area contributed by atoms with E-state index in [1.54, 1.807) is 0 Å². The van der Waals surface area contributed by atoms with Crippen LogP contribution < -0.4 is 5.32 Å². The zero-order chi connectivity index (χ0) is 18.1. The maximum absolute atomic E-state index is 11.6. The van der Waals surface area contributed by atoms with E-state index in [1.165, 1.54) is 16.7 Å². The molecule has 25 heavy (non-hydrogen) atoms. The molecule has 0 aliphatic carbocycles. The van der Waals surface area contributed by atoms with Crippen molar-refractivity contribution in [1.82, 2.24) is 5.32 Å². The van der Waals surface area contributed by atoms with Crippen molar-refractivity contribution in [2.75, 3.05) is 13.1 Å². The third-order valence-electron chi connectivity index (χ3n) is 4.87. The summed E-state index contributed by atoms with van der Waals surface area (Å²) >= 11 is 0. The molecule has 0 aromatic heterocycles. The van der Waals surface area contributed by atoms with Gasteiger partial charge in [0.1, 0.15) is 6.29 Å². The Morgan fingerprint density at radius 2 is 1.56 bits per heavy atom. The lowest BCUT2D eigenvalue weighted by atomic mass is 9.87. The van der Waals surface area contributed by atoms with Gasteiger partial charge in [0.25, 0.3) is 0 Å². The summed E-state index contributed by atoms with van der Waals surface area (Å²) in [5.74, 6) is 0.958. The van der Waals surface area contributed by atoms with Gasteiger partial charge in [-0.05, 0) is 47.9 Å². The van der Waals surface area contributed by atoms with E-state index < -0.39 is 0 Å². The summed E-state index contributed by atoms with van der Waals surface area (Å²) in [6.07, 6.45) is 3.03. The van der Waals surface area contributed by atoms with Crippen LogP contribution in [0.3, 0.4) is 0 Å². The average molecular weight is 338 g/mol. The van der Waals surface area contributed by atoms with E-state index in [2.05, 4.69) is 74.6 Å². The van der Waals surface area contributed by atoms with Crippen LogP contribution in [0.4, 0.5) is 0 Å². The lowest BCUT2D eigenvalue weighted by molar-refractivity contribution is -0.109. The number of rotatable bonds is 10. The third-order valence-corrected chi connectivity index (χ3v) is 4.87. The average Bonchev–Trinajstić information content (AvgIpc) is 2.65. The van der Waals surface area contributed by atoms with Crippen molar-refractivity contribution in [1.29, 1.82) is 0 Å². The van der Waals surface area contributed by atoms with Crippen molar-refractivity contribution in [2.45, 2.75) is 51.4 Å². The van der Waals surface area contributed by atoms with Gasteiger partial charge in [-0.25, -0.2) is 0 Å². The van der Waals surface area contributed by atoms with E-state index >= 15 is 0 Å². The van der Waals surface area contributed by atoms with Crippen molar-refractivity contribution in [3.8, 4) is 0 Å². The smallest absolute Gasteiger partial charge is 0.127 e. The number of carbonyl (C=O) groups excluding carboxylic acids is 1. The van der Waals surface area contributed by atoms with E-state index in [1.807, 2.05) is 6.07 Å². The van der Waals surface area contributed by atoms with Crippen LogP contribution in [0.5, 0.6) is 0 Å². The standard InChI is InChI=1S/C23H31NO/c1-18(2)22-13-7-8-14-23(22)21(17-25)12-9-15-24-16-19(3)20-10-5-4-6-11-20/h4-8,10-11,13-14,17-19,21,24H,9,12,15-16H2,1-3H3. The first-order chi connectivity index (χ1) is 12.1. The molecule has 2 unspecified atom stereocenters. The quantitative estimate of drug-likeness (QED) is 0.473. The molecule has 2 aromatic carbocycles. The summed E-state index contributed by atoms with van der Waals surface area (Å²) in [6.45, 7) is 8.54. The molecule has 0 heterocycles. The van der Waals surface area contributed by atoms with Gasteiger partial charge in [-0.3, -0.25) is 0 Å². The van der Waals surface area contributed by atoms with Gasteiger partial charge in [0, 0.05) is 12.5 Å². The molecule has 2 nitrogen and oxygen atoms in total. The van der Waals surface area contributed by atoms with Crippen molar-refractivity contribution in [2.24, 2.45) is 0 Å². The number of hydrogen-bond acceptors (Lipinski definition) is 2. The summed E-state index contributed by atoms with van der Waals surface area (Å²) in [5.41, 5.74) is 3.86. The first kappa shape index (κ1) is 19.4. The van der Waals surface area contributed by atoms with Gasteiger partial charge < -0.3 is 10.1 Å². The molecule has 1 N–H and O–H groups in total. The lowest BCUT2D eigenvalue weighted by Crippen LogP contribution is -2.21. The Balaban J connectivity index is 1.79. The number of benzene rings is 2. The molecule has 2 aromatic rings. The van der Waals surface area contributed by atoms with Crippen molar-refractivity contribution in [3.05, 3.63) is 71.3 Å². The Bertz CT molecular complexity index is 636. The first-order valence-electron chi connectivity index (χ1n) is 9.43. The van der Waals surface area contributed by atoms with E-state index in [-0.39, 0.29) is 5.92 Å². The minimum absolute atomic E-state index is 0.00643. The van der Waals surface area contributed by atoms with Crippen LogP contribution in [0.1, 0.15) is 68.1 Å². The molecule has 0 bridgehead atoms. The van der Waals surface area contributed by atoms with Crippen LogP contribution in [0.2, 0.25) is 0 Å². The highest BCUT2D eigenvalue weighted by Gasteiger charge is 2.15. The van der Waals surface area contributed by atoms with Crippen molar-refractivity contribution < 1.29 is 4.79 Å². The number of hydrogen-bond donors (Lipinski definition) is 1. The zero-order valence-electron chi connectivity index (χ0n) is 15.7. The fraction of sp³-hybridized carbons (Fsp3) is 0.435. The second kappa shape index (κ2) is 10.1. The number of nitrogens with one attached hydrogen (secondary N) is 1.